The minimum atomic E-state index is -0.588. The number of benzene rings is 1. The van der Waals surface area contributed by atoms with Gasteiger partial charge in [-0.25, -0.2) is 9.59 Å². The molecule has 0 spiro atoms. The van der Waals surface area contributed by atoms with Crippen LogP contribution in [0.5, 0.6) is 5.75 Å². The first-order valence-corrected chi connectivity index (χ1v) is 6.65. The average molecular weight is 289 g/mol. The van der Waals surface area contributed by atoms with Crippen LogP contribution < -0.4 is 15.3 Å². The highest BCUT2D eigenvalue weighted by atomic mass is 16.7. The van der Waals surface area contributed by atoms with Crippen LogP contribution in [0.15, 0.2) is 29.1 Å². The van der Waals surface area contributed by atoms with Crippen molar-refractivity contribution >= 4 is 5.97 Å². The van der Waals surface area contributed by atoms with E-state index in [1.165, 1.54) is 6.92 Å². The molecule has 1 aliphatic carbocycles. The fourth-order valence-electron chi connectivity index (χ4n) is 2.16. The number of ether oxygens (including phenoxy) is 1. The molecule has 0 amide bonds. The van der Waals surface area contributed by atoms with Crippen LogP contribution in [0.1, 0.15) is 25.8 Å². The number of carbonyl (C=O) groups excluding carboxylic acids is 1. The predicted molar refractivity (Wildman–Crippen MR) is 74.0 cm³/mol. The molecule has 0 unspecified atom stereocenters. The molecule has 1 saturated carbocycles. The third kappa shape index (κ3) is 2.54. The van der Waals surface area contributed by atoms with E-state index in [1.54, 1.807) is 17.7 Å². The largest absolute Gasteiger partial charge is 0.497 e. The van der Waals surface area contributed by atoms with Crippen molar-refractivity contribution in [3.8, 4) is 17.1 Å². The van der Waals surface area contributed by atoms with E-state index in [-0.39, 0.29) is 6.04 Å². The summed E-state index contributed by atoms with van der Waals surface area (Å²) in [5, 5.41) is 4.13. The highest BCUT2D eigenvalue weighted by Crippen LogP contribution is 2.36. The Bertz CT molecular complexity index is 743. The molecule has 1 aromatic carbocycles. The lowest BCUT2D eigenvalue weighted by molar-refractivity contribution is -0.143. The van der Waals surface area contributed by atoms with Gasteiger partial charge in [0.25, 0.3) is 0 Å². The topological polar surface area (TPSA) is 75.3 Å². The maximum atomic E-state index is 12.3. The van der Waals surface area contributed by atoms with Gasteiger partial charge in [0, 0.05) is 18.5 Å². The van der Waals surface area contributed by atoms with E-state index in [2.05, 4.69) is 5.10 Å². The van der Waals surface area contributed by atoms with Crippen LogP contribution in [-0.2, 0) is 4.79 Å². The van der Waals surface area contributed by atoms with Crippen LogP contribution in [0.2, 0.25) is 0 Å². The van der Waals surface area contributed by atoms with Crippen molar-refractivity contribution in [1.82, 2.24) is 14.5 Å². The predicted octanol–water partition coefficient (Wildman–Crippen LogP) is 1.03. The molecule has 21 heavy (non-hydrogen) atoms. The van der Waals surface area contributed by atoms with E-state index in [4.69, 9.17) is 9.57 Å². The van der Waals surface area contributed by atoms with Crippen molar-refractivity contribution in [3.05, 3.63) is 34.7 Å². The molecular weight excluding hydrogens is 274 g/mol. The zero-order chi connectivity index (χ0) is 15.0. The smallest absolute Gasteiger partial charge is 0.381 e. The maximum Gasteiger partial charge on any atom is 0.381 e. The quantitative estimate of drug-likeness (QED) is 0.840. The van der Waals surface area contributed by atoms with Gasteiger partial charge in [-0.1, -0.05) is 12.1 Å². The number of hydrogen-bond acceptors (Lipinski definition) is 5. The van der Waals surface area contributed by atoms with Crippen molar-refractivity contribution in [2.45, 2.75) is 25.8 Å². The Labute approximate surface area is 120 Å². The van der Waals surface area contributed by atoms with E-state index in [0.29, 0.717) is 11.6 Å². The Morgan fingerprint density at radius 3 is 2.76 bits per heavy atom. The molecule has 1 fully saturated rings. The monoisotopic (exact) mass is 289 g/mol. The summed E-state index contributed by atoms with van der Waals surface area (Å²) in [5.41, 5.74) is 0.301. The Morgan fingerprint density at radius 2 is 2.14 bits per heavy atom. The summed E-state index contributed by atoms with van der Waals surface area (Å²) in [5.74, 6) is 0.557. The molecule has 0 bridgehead atoms. The molecule has 1 aromatic heterocycles. The highest BCUT2D eigenvalue weighted by molar-refractivity contribution is 5.66. The molecule has 1 aliphatic rings. The minimum absolute atomic E-state index is 0.114. The molecule has 0 N–H and O–H groups in total. The molecule has 2 aromatic rings. The molecule has 0 aliphatic heterocycles. The number of carbonyl (C=O) groups is 1. The van der Waals surface area contributed by atoms with E-state index in [1.807, 2.05) is 18.2 Å². The molecular formula is C14H15N3O4. The summed E-state index contributed by atoms with van der Waals surface area (Å²) in [6.45, 7) is 1.23. The molecule has 110 valence electrons. The number of nitrogens with zero attached hydrogens (tertiary/aromatic N) is 3. The van der Waals surface area contributed by atoms with E-state index in [9.17, 15) is 9.59 Å². The third-order valence-electron chi connectivity index (χ3n) is 3.24. The Hall–Kier alpha value is -2.57. The van der Waals surface area contributed by atoms with Crippen molar-refractivity contribution in [2.75, 3.05) is 7.11 Å². The summed E-state index contributed by atoms with van der Waals surface area (Å²) >= 11 is 0. The fourth-order valence-corrected chi connectivity index (χ4v) is 2.16. The molecule has 0 atom stereocenters. The van der Waals surface area contributed by atoms with Crippen LogP contribution >= 0.6 is 0 Å². The number of rotatable bonds is 4. The van der Waals surface area contributed by atoms with Gasteiger partial charge in [0.1, 0.15) is 5.75 Å². The fraction of sp³-hybridized carbons (Fsp3) is 0.357. The average Bonchev–Trinajstić information content (AvgIpc) is 3.25. The first kappa shape index (κ1) is 13.4. The molecule has 0 radical (unpaired) electrons. The van der Waals surface area contributed by atoms with Crippen LogP contribution in [0.3, 0.4) is 0 Å². The number of hydrogen-bond donors (Lipinski definition) is 0. The first-order chi connectivity index (χ1) is 10.1. The lowest BCUT2D eigenvalue weighted by Gasteiger charge is -2.05. The van der Waals surface area contributed by atoms with Gasteiger partial charge in [-0.3, -0.25) is 4.57 Å². The maximum absolute atomic E-state index is 12.3. The van der Waals surface area contributed by atoms with Crippen molar-refractivity contribution in [2.24, 2.45) is 0 Å². The first-order valence-electron chi connectivity index (χ1n) is 6.65. The SMILES string of the molecule is COc1cccc(-c2nn(OC(C)=O)c(=O)n2C2CC2)c1. The zero-order valence-electron chi connectivity index (χ0n) is 11.8. The molecule has 0 saturated heterocycles. The van der Waals surface area contributed by atoms with E-state index in [0.717, 1.165) is 23.3 Å². The van der Waals surface area contributed by atoms with Gasteiger partial charge in [0.15, 0.2) is 5.82 Å². The van der Waals surface area contributed by atoms with Gasteiger partial charge >= 0.3 is 11.7 Å². The summed E-state index contributed by atoms with van der Waals surface area (Å²) in [6, 6.07) is 7.37. The second kappa shape index (κ2) is 5.08. The zero-order valence-corrected chi connectivity index (χ0v) is 11.8. The lowest BCUT2D eigenvalue weighted by atomic mass is 10.2. The summed E-state index contributed by atoms with van der Waals surface area (Å²) in [7, 11) is 1.57. The van der Waals surface area contributed by atoms with Crippen molar-refractivity contribution in [1.29, 1.82) is 0 Å². The summed E-state index contributed by atoms with van der Waals surface area (Å²) in [6.07, 6.45) is 1.84. The molecule has 7 heteroatoms. The molecule has 1 heterocycles. The Kier molecular flexibility index (Phi) is 3.25. The van der Waals surface area contributed by atoms with Gasteiger partial charge in [-0.05, 0) is 29.8 Å². The van der Waals surface area contributed by atoms with E-state index >= 15 is 0 Å². The van der Waals surface area contributed by atoms with Crippen molar-refractivity contribution in [3.63, 3.8) is 0 Å². The highest BCUT2D eigenvalue weighted by Gasteiger charge is 2.31. The second-order valence-electron chi connectivity index (χ2n) is 4.90. The van der Waals surface area contributed by atoms with Crippen LogP contribution in [-0.4, -0.2) is 27.6 Å². The van der Waals surface area contributed by atoms with E-state index < -0.39 is 11.7 Å². The van der Waals surface area contributed by atoms with Gasteiger partial charge in [0.2, 0.25) is 0 Å². The van der Waals surface area contributed by atoms with Gasteiger partial charge in [-0.15, -0.1) is 5.10 Å². The Morgan fingerprint density at radius 1 is 1.38 bits per heavy atom. The van der Waals surface area contributed by atoms with Gasteiger partial charge in [-0.2, -0.15) is 0 Å². The second-order valence-corrected chi connectivity index (χ2v) is 4.90. The standard InChI is InChI=1S/C14H15N3O4/c1-9(18)21-17-14(19)16(11-6-7-11)13(15-17)10-4-3-5-12(8-10)20-2/h3-5,8,11H,6-7H2,1-2H3. The molecule has 7 nitrogen and oxygen atoms in total. The van der Waals surface area contributed by atoms with Gasteiger partial charge < -0.3 is 9.57 Å². The molecule has 3 rings (SSSR count). The number of methoxy groups -OCH3 is 1. The van der Waals surface area contributed by atoms with Crippen LogP contribution in [0.25, 0.3) is 11.4 Å². The van der Waals surface area contributed by atoms with Crippen LogP contribution in [0, 0.1) is 0 Å². The normalized spacial score (nSPS) is 14.0. The summed E-state index contributed by atoms with van der Waals surface area (Å²) in [4.78, 5) is 28.9. The van der Waals surface area contributed by atoms with Gasteiger partial charge in [0.05, 0.1) is 7.11 Å². The minimum Gasteiger partial charge on any atom is -0.497 e. The lowest BCUT2D eigenvalue weighted by Crippen LogP contribution is -2.31. The third-order valence-corrected chi connectivity index (χ3v) is 3.24. The van der Waals surface area contributed by atoms with Crippen molar-refractivity contribution < 1.29 is 14.4 Å². The Balaban J connectivity index is 2.12. The number of aromatic nitrogens is 3. The summed E-state index contributed by atoms with van der Waals surface area (Å²) < 4.78 is 6.75. The van der Waals surface area contributed by atoms with Crippen LogP contribution in [0.4, 0.5) is 0 Å².